The van der Waals surface area contributed by atoms with E-state index in [1.54, 1.807) is 31.2 Å². The number of benzene rings is 2. The van der Waals surface area contributed by atoms with Gasteiger partial charge in [0.1, 0.15) is 0 Å². The summed E-state index contributed by atoms with van der Waals surface area (Å²) in [4.78, 5) is 12.3. The monoisotopic (exact) mass is 372 g/mol. The predicted octanol–water partition coefficient (Wildman–Crippen LogP) is 3.93. The summed E-state index contributed by atoms with van der Waals surface area (Å²) in [7, 11) is -3.43. The second-order valence-electron chi connectivity index (χ2n) is 4.98. The Morgan fingerprint density at radius 2 is 1.74 bits per heavy atom. The van der Waals surface area contributed by atoms with E-state index in [2.05, 4.69) is 10.0 Å². The molecule has 2 aromatic carbocycles. The molecule has 2 N–H and O–H groups in total. The number of aryl methyl sites for hydroxylation is 1. The van der Waals surface area contributed by atoms with Crippen molar-refractivity contribution < 1.29 is 13.2 Å². The molecule has 0 unspecified atom stereocenters. The van der Waals surface area contributed by atoms with Crippen LogP contribution in [0.25, 0.3) is 0 Å². The zero-order valence-corrected chi connectivity index (χ0v) is 14.7. The zero-order chi connectivity index (χ0) is 17.2. The lowest BCUT2D eigenvalue weighted by Crippen LogP contribution is -2.15. The van der Waals surface area contributed by atoms with Gasteiger partial charge >= 0.3 is 0 Å². The van der Waals surface area contributed by atoms with Crippen LogP contribution in [0.4, 0.5) is 11.4 Å². The Bertz CT molecular complexity index is 867. The number of carbonyl (C=O) groups is 1. The Morgan fingerprint density at radius 3 is 2.35 bits per heavy atom. The average Bonchev–Trinajstić information content (AvgIpc) is 2.42. The first-order valence-electron chi connectivity index (χ1n) is 6.50. The maximum Gasteiger partial charge on any atom is 0.255 e. The summed E-state index contributed by atoms with van der Waals surface area (Å²) < 4.78 is 25.1. The molecule has 0 atom stereocenters. The van der Waals surface area contributed by atoms with Crippen LogP contribution >= 0.6 is 23.2 Å². The third-order valence-corrected chi connectivity index (χ3v) is 4.11. The number of hydrogen-bond acceptors (Lipinski definition) is 3. The van der Waals surface area contributed by atoms with Gasteiger partial charge in [0.25, 0.3) is 5.91 Å². The van der Waals surface area contributed by atoms with Crippen molar-refractivity contribution in [3.8, 4) is 0 Å². The number of hydrogen-bond donors (Lipinski definition) is 2. The van der Waals surface area contributed by atoms with Gasteiger partial charge in [-0.15, -0.1) is 0 Å². The first-order chi connectivity index (χ1) is 10.7. The summed E-state index contributed by atoms with van der Waals surface area (Å²) in [6.45, 7) is 1.74. The van der Waals surface area contributed by atoms with Crippen LogP contribution in [0, 0.1) is 6.92 Å². The Hall–Kier alpha value is -1.76. The summed E-state index contributed by atoms with van der Waals surface area (Å²) in [6, 6.07) is 9.44. The number of amides is 1. The molecule has 0 saturated heterocycles. The third-order valence-electron chi connectivity index (χ3n) is 2.97. The number of halogens is 2. The quantitative estimate of drug-likeness (QED) is 0.853. The smallest absolute Gasteiger partial charge is 0.255 e. The van der Waals surface area contributed by atoms with Crippen LogP contribution in [-0.4, -0.2) is 20.6 Å². The highest BCUT2D eigenvalue weighted by molar-refractivity contribution is 7.92. The molecule has 2 aromatic rings. The summed E-state index contributed by atoms with van der Waals surface area (Å²) in [5.74, 6) is -0.411. The fourth-order valence-corrected chi connectivity index (χ4v) is 2.93. The Balaban J connectivity index is 2.27. The highest BCUT2D eigenvalue weighted by atomic mass is 35.5. The lowest BCUT2D eigenvalue weighted by Gasteiger charge is -2.11. The standard InChI is InChI=1S/C15H14Cl2N2O3S/c1-9-3-4-10(7-14(9)19-23(2,21)22)15(20)18-13-6-5-11(16)8-12(13)17/h3-8,19H,1-2H3,(H,18,20). The largest absolute Gasteiger partial charge is 0.321 e. The maximum absolute atomic E-state index is 12.3. The van der Waals surface area contributed by atoms with E-state index in [-0.39, 0.29) is 0 Å². The molecule has 0 fully saturated rings. The maximum atomic E-state index is 12.3. The highest BCUT2D eigenvalue weighted by Gasteiger charge is 2.12. The second-order valence-corrected chi connectivity index (χ2v) is 7.57. The van der Waals surface area contributed by atoms with E-state index in [1.807, 2.05) is 0 Å². The van der Waals surface area contributed by atoms with Crippen LogP contribution in [0.2, 0.25) is 10.0 Å². The van der Waals surface area contributed by atoms with Gasteiger partial charge in [0, 0.05) is 10.6 Å². The summed E-state index contributed by atoms with van der Waals surface area (Å²) in [6.07, 6.45) is 1.05. The Labute approximate surface area is 144 Å². The SMILES string of the molecule is Cc1ccc(C(=O)Nc2ccc(Cl)cc2Cl)cc1NS(C)(=O)=O. The van der Waals surface area contributed by atoms with Crippen molar-refractivity contribution in [3.63, 3.8) is 0 Å². The third kappa shape index (κ3) is 4.86. The normalized spacial score (nSPS) is 11.1. The molecule has 23 heavy (non-hydrogen) atoms. The minimum atomic E-state index is -3.43. The molecule has 0 radical (unpaired) electrons. The van der Waals surface area contributed by atoms with E-state index in [0.717, 1.165) is 6.26 Å². The van der Waals surface area contributed by atoms with Gasteiger partial charge in [-0.3, -0.25) is 9.52 Å². The highest BCUT2D eigenvalue weighted by Crippen LogP contribution is 2.26. The molecule has 0 heterocycles. The fourth-order valence-electron chi connectivity index (χ4n) is 1.86. The minimum absolute atomic E-state index is 0.299. The molecular weight excluding hydrogens is 359 g/mol. The molecule has 0 spiro atoms. The topological polar surface area (TPSA) is 75.3 Å². The molecular formula is C15H14Cl2N2O3S. The van der Waals surface area contributed by atoms with Crippen molar-refractivity contribution in [2.75, 3.05) is 16.3 Å². The van der Waals surface area contributed by atoms with Gasteiger partial charge in [0.15, 0.2) is 0 Å². The molecule has 0 aromatic heterocycles. The van der Waals surface area contributed by atoms with Gasteiger partial charge in [0.05, 0.1) is 22.7 Å². The molecule has 2 rings (SSSR count). The molecule has 0 aliphatic rings. The van der Waals surface area contributed by atoms with Crippen LogP contribution in [0.3, 0.4) is 0 Å². The Morgan fingerprint density at radius 1 is 1.04 bits per heavy atom. The Kier molecular flexibility index (Phi) is 5.19. The summed E-state index contributed by atoms with van der Waals surface area (Å²) in [5.41, 5.74) is 1.77. The van der Waals surface area contributed by atoms with Crippen molar-refractivity contribution in [2.45, 2.75) is 6.92 Å². The summed E-state index contributed by atoms with van der Waals surface area (Å²) in [5, 5.41) is 3.43. The van der Waals surface area contributed by atoms with E-state index < -0.39 is 15.9 Å². The molecule has 1 amide bonds. The van der Waals surface area contributed by atoms with Crippen LogP contribution < -0.4 is 10.0 Å². The first kappa shape index (κ1) is 17.6. The zero-order valence-electron chi connectivity index (χ0n) is 12.4. The van der Waals surface area contributed by atoms with Crippen molar-refractivity contribution in [1.29, 1.82) is 0 Å². The van der Waals surface area contributed by atoms with Gasteiger partial charge in [0.2, 0.25) is 10.0 Å². The second kappa shape index (κ2) is 6.78. The number of rotatable bonds is 4. The van der Waals surface area contributed by atoms with Gasteiger partial charge < -0.3 is 5.32 Å². The van der Waals surface area contributed by atoms with Gasteiger partial charge in [-0.05, 0) is 42.8 Å². The minimum Gasteiger partial charge on any atom is -0.321 e. The van der Waals surface area contributed by atoms with Crippen LogP contribution in [-0.2, 0) is 10.0 Å². The number of anilines is 2. The number of nitrogens with one attached hydrogen (secondary N) is 2. The average molecular weight is 373 g/mol. The van der Waals surface area contributed by atoms with E-state index in [1.165, 1.54) is 12.1 Å². The molecule has 8 heteroatoms. The van der Waals surface area contributed by atoms with Gasteiger partial charge in [-0.25, -0.2) is 8.42 Å². The van der Waals surface area contributed by atoms with Gasteiger partial charge in [-0.2, -0.15) is 0 Å². The van der Waals surface area contributed by atoms with Crippen molar-refractivity contribution in [2.24, 2.45) is 0 Å². The van der Waals surface area contributed by atoms with Crippen molar-refractivity contribution in [3.05, 3.63) is 57.6 Å². The fraction of sp³-hybridized carbons (Fsp3) is 0.133. The van der Waals surface area contributed by atoms with Crippen LogP contribution in [0.15, 0.2) is 36.4 Å². The lowest BCUT2D eigenvalue weighted by molar-refractivity contribution is 0.102. The van der Waals surface area contributed by atoms with Crippen LogP contribution in [0.1, 0.15) is 15.9 Å². The van der Waals surface area contributed by atoms with E-state index in [4.69, 9.17) is 23.2 Å². The van der Waals surface area contributed by atoms with E-state index >= 15 is 0 Å². The number of sulfonamides is 1. The van der Waals surface area contributed by atoms with Crippen molar-refractivity contribution >= 4 is 50.5 Å². The van der Waals surface area contributed by atoms with Crippen LogP contribution in [0.5, 0.6) is 0 Å². The van der Waals surface area contributed by atoms with Gasteiger partial charge in [-0.1, -0.05) is 29.3 Å². The molecule has 5 nitrogen and oxygen atoms in total. The summed E-state index contributed by atoms with van der Waals surface area (Å²) >= 11 is 11.8. The number of carbonyl (C=O) groups excluding carboxylic acids is 1. The first-order valence-corrected chi connectivity index (χ1v) is 9.15. The molecule has 0 bridgehead atoms. The predicted molar refractivity (Wildman–Crippen MR) is 94.1 cm³/mol. The molecule has 122 valence electrons. The van der Waals surface area contributed by atoms with Crippen molar-refractivity contribution in [1.82, 2.24) is 0 Å². The molecule has 0 aliphatic heterocycles. The van der Waals surface area contributed by atoms with E-state index in [0.29, 0.717) is 32.5 Å². The lowest BCUT2D eigenvalue weighted by atomic mass is 10.1. The van der Waals surface area contributed by atoms with E-state index in [9.17, 15) is 13.2 Å². The molecule has 0 aliphatic carbocycles. The molecule has 0 saturated carbocycles.